The average molecular weight is 847 g/mol. The molecular formula is C44H48F2N12O4. The van der Waals surface area contributed by atoms with Crippen LogP contribution >= 0.6 is 0 Å². The number of halogens is 2. The van der Waals surface area contributed by atoms with Gasteiger partial charge in [0, 0.05) is 56.8 Å². The molecule has 5 aromatic rings. The summed E-state index contributed by atoms with van der Waals surface area (Å²) in [5.74, 6) is -0.995. The highest BCUT2D eigenvalue weighted by Gasteiger charge is 2.45. The van der Waals surface area contributed by atoms with E-state index in [1.807, 2.05) is 43.5 Å². The van der Waals surface area contributed by atoms with E-state index in [-0.39, 0.29) is 47.3 Å². The molecule has 2 aromatic carbocycles. The monoisotopic (exact) mass is 846 g/mol. The fraction of sp³-hybridized carbons (Fsp3) is 0.409. The van der Waals surface area contributed by atoms with Gasteiger partial charge in [0.15, 0.2) is 11.6 Å². The molecular weight excluding hydrogens is 799 g/mol. The number of hydrogen-bond acceptors (Lipinski definition) is 12. The van der Waals surface area contributed by atoms with Crippen LogP contribution in [0.3, 0.4) is 0 Å². The number of nitrogens with zero attached hydrogens (tertiary/aromatic N) is 10. The number of hydrazine groups is 1. The first kappa shape index (κ1) is 40.8. The Kier molecular flexibility index (Phi) is 10.8. The van der Waals surface area contributed by atoms with Crippen molar-refractivity contribution in [2.45, 2.75) is 65.0 Å². The highest BCUT2D eigenvalue weighted by Crippen LogP contribution is 2.36. The van der Waals surface area contributed by atoms with Crippen molar-refractivity contribution >= 4 is 57.9 Å². The van der Waals surface area contributed by atoms with Crippen LogP contribution in [0.4, 0.5) is 36.7 Å². The zero-order valence-corrected chi connectivity index (χ0v) is 35.1. The summed E-state index contributed by atoms with van der Waals surface area (Å²) in [6.07, 6.45) is 6.75. The zero-order valence-electron chi connectivity index (χ0n) is 35.1. The van der Waals surface area contributed by atoms with Crippen LogP contribution in [0.1, 0.15) is 78.5 Å². The van der Waals surface area contributed by atoms with Crippen LogP contribution < -0.4 is 20.4 Å². The van der Waals surface area contributed by atoms with Crippen LogP contribution in [0, 0.1) is 24.5 Å². The molecule has 3 fully saturated rings. The molecule has 62 heavy (non-hydrogen) atoms. The third kappa shape index (κ3) is 7.56. The van der Waals surface area contributed by atoms with Crippen LogP contribution in [-0.2, 0) is 4.79 Å². The second-order valence-corrected chi connectivity index (χ2v) is 16.8. The first-order chi connectivity index (χ1) is 29.8. The molecule has 0 aliphatic carbocycles. The Hall–Kier alpha value is -6.56. The summed E-state index contributed by atoms with van der Waals surface area (Å²) in [5.41, 5.74) is 3.32. The SMILES string of the molecule is Cc1nc2c(F)cc(-c3nc(Nc4ccc(N5CCC(N(C)CC6CCN(c7cccc8c7C(=O)N(N7CCC(=O)NC7=O)C8=O)CC6)CC5)cn4)ncc3F)cc2n1C(C)C. The number of carbonyl (C=O) groups is 4. The molecule has 0 unspecified atom stereocenters. The van der Waals surface area contributed by atoms with Crippen LogP contribution in [0.2, 0.25) is 0 Å². The van der Waals surface area contributed by atoms with Gasteiger partial charge in [0.25, 0.3) is 11.8 Å². The second-order valence-electron chi connectivity index (χ2n) is 16.8. The Morgan fingerprint density at radius 1 is 0.871 bits per heavy atom. The summed E-state index contributed by atoms with van der Waals surface area (Å²) >= 11 is 0. The number of imide groups is 2. The van der Waals surface area contributed by atoms with Gasteiger partial charge in [0.05, 0.1) is 47.0 Å². The van der Waals surface area contributed by atoms with Gasteiger partial charge in [-0.25, -0.2) is 38.5 Å². The quantitative estimate of drug-likeness (QED) is 0.156. The van der Waals surface area contributed by atoms with Gasteiger partial charge >= 0.3 is 6.03 Å². The fourth-order valence-electron chi connectivity index (χ4n) is 9.41. The van der Waals surface area contributed by atoms with Crippen molar-refractivity contribution in [3.05, 3.63) is 83.4 Å². The van der Waals surface area contributed by atoms with Crippen LogP contribution in [-0.4, -0.2) is 116 Å². The Morgan fingerprint density at radius 2 is 1.63 bits per heavy atom. The lowest BCUT2D eigenvalue weighted by Gasteiger charge is -2.41. The van der Waals surface area contributed by atoms with Gasteiger partial charge in [-0.05, 0) is 95.8 Å². The Balaban J connectivity index is 0.771. The first-order valence-corrected chi connectivity index (χ1v) is 21.1. The van der Waals surface area contributed by atoms with Crippen molar-refractivity contribution in [1.29, 1.82) is 0 Å². The van der Waals surface area contributed by atoms with Crippen LogP contribution in [0.25, 0.3) is 22.3 Å². The maximum atomic E-state index is 15.2. The van der Waals surface area contributed by atoms with E-state index >= 15 is 8.78 Å². The predicted molar refractivity (Wildman–Crippen MR) is 228 cm³/mol. The molecule has 0 atom stereocenters. The molecule has 0 bridgehead atoms. The Bertz CT molecular complexity index is 2580. The lowest BCUT2D eigenvalue weighted by Crippen LogP contribution is -2.58. The maximum Gasteiger partial charge on any atom is 0.343 e. The van der Waals surface area contributed by atoms with Gasteiger partial charge in [0.1, 0.15) is 22.9 Å². The highest BCUT2D eigenvalue weighted by atomic mass is 19.1. The summed E-state index contributed by atoms with van der Waals surface area (Å²) in [6, 6.07) is 11.7. The minimum absolute atomic E-state index is 0.00841. The van der Waals surface area contributed by atoms with Gasteiger partial charge < -0.3 is 24.6 Å². The molecule has 322 valence electrons. The molecule has 4 aliphatic rings. The number of amides is 5. The number of nitrogens with one attached hydrogen (secondary N) is 2. The second kappa shape index (κ2) is 16.4. The average Bonchev–Trinajstić information content (AvgIpc) is 3.74. The molecule has 0 radical (unpaired) electrons. The van der Waals surface area contributed by atoms with Crippen LogP contribution in [0.15, 0.2) is 54.9 Å². The lowest BCUT2D eigenvalue weighted by molar-refractivity contribution is -0.122. The minimum atomic E-state index is -0.778. The molecule has 0 saturated carbocycles. The standard InChI is InChI=1S/C44H48F2N12O4/c1-25(2)57-26(3)49-40-32(45)20-28(21-35(40)57)39-33(46)23-48-43(52-39)50-36-9-8-30(22-47-36)54-17-12-29(13-18-54)53(4)24-27-10-15-55(16-11-27)34-7-5-6-31-38(34)42(61)58(41(31)60)56-19-14-37(59)51-44(56)62/h5-9,20-23,25,27,29H,10-19,24H2,1-4H3,(H,51,59,62)(H,47,48,50,52). The van der Waals surface area contributed by atoms with Crippen molar-refractivity contribution in [2.75, 3.05) is 61.4 Å². The predicted octanol–water partition coefficient (Wildman–Crippen LogP) is 6.07. The molecule has 2 N–H and O–H groups in total. The van der Waals surface area contributed by atoms with Crippen molar-refractivity contribution in [1.82, 2.24) is 44.7 Å². The zero-order chi connectivity index (χ0) is 43.4. The molecule has 5 amide bonds. The summed E-state index contributed by atoms with van der Waals surface area (Å²) in [6.45, 7) is 9.93. The number of hydrogen-bond donors (Lipinski definition) is 2. The molecule has 3 saturated heterocycles. The van der Waals surface area contributed by atoms with Gasteiger partial charge in [-0.3, -0.25) is 19.7 Å². The number of imidazole rings is 1. The fourth-order valence-corrected chi connectivity index (χ4v) is 9.41. The number of anilines is 4. The van der Waals surface area contributed by atoms with E-state index in [0.29, 0.717) is 40.4 Å². The third-order valence-corrected chi connectivity index (χ3v) is 12.5. The van der Waals surface area contributed by atoms with E-state index in [1.165, 1.54) is 6.07 Å². The molecule has 16 nitrogen and oxygen atoms in total. The van der Waals surface area contributed by atoms with Crippen molar-refractivity contribution in [2.24, 2.45) is 5.92 Å². The summed E-state index contributed by atoms with van der Waals surface area (Å²) < 4.78 is 32.2. The maximum absolute atomic E-state index is 15.2. The molecule has 3 aromatic heterocycles. The normalized spacial score (nSPS) is 17.9. The van der Waals surface area contributed by atoms with Gasteiger partial charge in [-0.2, -0.15) is 5.01 Å². The van der Waals surface area contributed by atoms with E-state index in [0.717, 1.165) is 80.3 Å². The van der Waals surface area contributed by atoms with Crippen molar-refractivity contribution in [3.8, 4) is 11.3 Å². The molecule has 7 heterocycles. The molecule has 18 heteroatoms. The van der Waals surface area contributed by atoms with Gasteiger partial charge in [-0.1, -0.05) is 6.07 Å². The lowest BCUT2D eigenvalue weighted by atomic mass is 9.93. The third-order valence-electron chi connectivity index (χ3n) is 12.5. The van der Waals surface area contributed by atoms with E-state index in [1.54, 1.807) is 24.4 Å². The Morgan fingerprint density at radius 3 is 2.34 bits per heavy atom. The van der Waals surface area contributed by atoms with Crippen molar-refractivity contribution in [3.63, 3.8) is 0 Å². The number of benzene rings is 2. The van der Waals surface area contributed by atoms with Crippen molar-refractivity contribution < 1.29 is 28.0 Å². The summed E-state index contributed by atoms with van der Waals surface area (Å²) in [7, 11) is 2.20. The summed E-state index contributed by atoms with van der Waals surface area (Å²) in [5, 5.41) is 7.14. The molecule has 0 spiro atoms. The number of aryl methyl sites for hydroxylation is 1. The topological polar surface area (TPSA) is 165 Å². The Labute approximate surface area is 356 Å². The number of urea groups is 1. The van der Waals surface area contributed by atoms with Gasteiger partial charge in [0.2, 0.25) is 11.9 Å². The van der Waals surface area contributed by atoms with Crippen LogP contribution in [0.5, 0.6) is 0 Å². The first-order valence-electron chi connectivity index (χ1n) is 21.1. The summed E-state index contributed by atoms with van der Waals surface area (Å²) in [4.78, 5) is 75.6. The van der Waals surface area contributed by atoms with E-state index in [4.69, 9.17) is 0 Å². The van der Waals surface area contributed by atoms with E-state index < -0.39 is 35.4 Å². The van der Waals surface area contributed by atoms with Gasteiger partial charge in [-0.15, -0.1) is 0 Å². The number of aromatic nitrogens is 5. The minimum Gasteiger partial charge on any atom is -0.371 e. The number of fused-ring (bicyclic) bond motifs is 2. The molecule has 4 aliphatic heterocycles. The number of carbonyl (C=O) groups excluding carboxylic acids is 4. The smallest absolute Gasteiger partial charge is 0.343 e. The molecule has 9 rings (SSSR count). The number of pyridine rings is 1. The van der Waals surface area contributed by atoms with E-state index in [9.17, 15) is 19.2 Å². The number of rotatable bonds is 10. The highest BCUT2D eigenvalue weighted by molar-refractivity contribution is 6.24. The number of piperidine rings is 2. The largest absolute Gasteiger partial charge is 0.371 e. The van der Waals surface area contributed by atoms with E-state index in [2.05, 4.69) is 52.3 Å².